The standard InChI is InChI=1S/C16H13N3O3S/c1-22-16(21)10-4-2-5-11(8-10)17-15(20)13-9-12(18-19-13)14-6-3-7-23-14/h2-9H,1H3,(H,17,20)(H,18,19). The fourth-order valence-electron chi connectivity index (χ4n) is 2.03. The third-order valence-electron chi connectivity index (χ3n) is 3.14. The summed E-state index contributed by atoms with van der Waals surface area (Å²) in [5.41, 5.74) is 1.93. The average molecular weight is 327 g/mol. The summed E-state index contributed by atoms with van der Waals surface area (Å²) in [5, 5.41) is 11.5. The molecule has 0 aliphatic rings. The van der Waals surface area contributed by atoms with Crippen LogP contribution >= 0.6 is 11.3 Å². The van der Waals surface area contributed by atoms with Crippen LogP contribution in [0.1, 0.15) is 20.8 Å². The molecule has 0 saturated heterocycles. The molecule has 3 aromatic rings. The van der Waals surface area contributed by atoms with Gasteiger partial charge in [-0.05, 0) is 35.7 Å². The Labute approximate surface area is 136 Å². The molecule has 0 atom stereocenters. The van der Waals surface area contributed by atoms with E-state index in [9.17, 15) is 9.59 Å². The predicted octanol–water partition coefficient (Wildman–Crippen LogP) is 3.18. The van der Waals surface area contributed by atoms with Gasteiger partial charge in [0.2, 0.25) is 0 Å². The number of rotatable bonds is 4. The van der Waals surface area contributed by atoms with E-state index in [1.54, 1.807) is 41.7 Å². The van der Waals surface area contributed by atoms with Crippen LogP contribution in [0.5, 0.6) is 0 Å². The molecule has 2 N–H and O–H groups in total. The van der Waals surface area contributed by atoms with Crippen LogP contribution in [-0.4, -0.2) is 29.2 Å². The van der Waals surface area contributed by atoms with E-state index in [1.807, 2.05) is 17.5 Å². The highest BCUT2D eigenvalue weighted by molar-refractivity contribution is 7.13. The largest absolute Gasteiger partial charge is 0.465 e. The Morgan fingerprint density at radius 2 is 2.09 bits per heavy atom. The van der Waals surface area contributed by atoms with Gasteiger partial charge in [-0.2, -0.15) is 5.10 Å². The fourth-order valence-corrected chi connectivity index (χ4v) is 2.73. The maximum atomic E-state index is 12.2. The van der Waals surface area contributed by atoms with Crippen molar-refractivity contribution in [1.82, 2.24) is 10.2 Å². The van der Waals surface area contributed by atoms with E-state index < -0.39 is 5.97 Å². The van der Waals surface area contributed by atoms with Crippen LogP contribution in [0.3, 0.4) is 0 Å². The Bertz CT molecular complexity index is 840. The SMILES string of the molecule is COC(=O)c1cccc(NC(=O)c2cc(-c3cccs3)[nH]n2)c1. The van der Waals surface area contributed by atoms with Crippen molar-refractivity contribution in [3.63, 3.8) is 0 Å². The molecule has 23 heavy (non-hydrogen) atoms. The zero-order valence-corrected chi connectivity index (χ0v) is 13.0. The molecule has 2 heterocycles. The van der Waals surface area contributed by atoms with Crippen molar-refractivity contribution in [3.8, 4) is 10.6 Å². The first-order valence-corrected chi connectivity index (χ1v) is 7.64. The second-order valence-electron chi connectivity index (χ2n) is 4.67. The van der Waals surface area contributed by atoms with Gasteiger partial charge in [-0.15, -0.1) is 11.3 Å². The topological polar surface area (TPSA) is 84.1 Å². The summed E-state index contributed by atoms with van der Waals surface area (Å²) in [5.74, 6) is -0.813. The maximum absolute atomic E-state index is 12.2. The minimum absolute atomic E-state index is 0.275. The number of hydrogen-bond acceptors (Lipinski definition) is 5. The lowest BCUT2D eigenvalue weighted by atomic mass is 10.2. The molecular weight excluding hydrogens is 314 g/mol. The van der Waals surface area contributed by atoms with Crippen molar-refractivity contribution in [3.05, 3.63) is 59.1 Å². The second-order valence-corrected chi connectivity index (χ2v) is 5.62. The van der Waals surface area contributed by atoms with Crippen LogP contribution in [-0.2, 0) is 4.74 Å². The lowest BCUT2D eigenvalue weighted by molar-refractivity contribution is 0.0600. The van der Waals surface area contributed by atoms with E-state index in [4.69, 9.17) is 0 Å². The van der Waals surface area contributed by atoms with Gasteiger partial charge < -0.3 is 10.1 Å². The molecule has 0 bridgehead atoms. The fraction of sp³-hybridized carbons (Fsp3) is 0.0625. The van der Waals surface area contributed by atoms with E-state index in [2.05, 4.69) is 20.3 Å². The Morgan fingerprint density at radius 1 is 1.22 bits per heavy atom. The van der Waals surface area contributed by atoms with Gasteiger partial charge in [0.25, 0.3) is 5.91 Å². The molecule has 0 unspecified atom stereocenters. The van der Waals surface area contributed by atoms with Crippen LogP contribution in [0, 0.1) is 0 Å². The summed E-state index contributed by atoms with van der Waals surface area (Å²) < 4.78 is 4.66. The van der Waals surface area contributed by atoms with Gasteiger partial charge >= 0.3 is 5.97 Å². The van der Waals surface area contributed by atoms with E-state index in [0.717, 1.165) is 10.6 Å². The van der Waals surface area contributed by atoms with Gasteiger partial charge in [0.1, 0.15) is 0 Å². The number of nitrogens with one attached hydrogen (secondary N) is 2. The summed E-state index contributed by atoms with van der Waals surface area (Å²) >= 11 is 1.56. The van der Waals surface area contributed by atoms with Gasteiger partial charge in [0, 0.05) is 5.69 Å². The molecule has 7 heteroatoms. The second kappa shape index (κ2) is 6.45. The van der Waals surface area contributed by atoms with E-state index >= 15 is 0 Å². The number of benzene rings is 1. The number of nitrogens with zero attached hydrogens (tertiary/aromatic N) is 1. The molecular formula is C16H13N3O3S. The highest BCUT2D eigenvalue weighted by Gasteiger charge is 2.13. The number of esters is 1. The van der Waals surface area contributed by atoms with Crippen LogP contribution in [0.4, 0.5) is 5.69 Å². The molecule has 116 valence electrons. The molecule has 0 aliphatic carbocycles. The molecule has 0 spiro atoms. The Morgan fingerprint density at radius 3 is 2.83 bits per heavy atom. The van der Waals surface area contributed by atoms with Crippen LogP contribution in [0.15, 0.2) is 47.8 Å². The number of amides is 1. The number of anilines is 1. The number of ether oxygens (including phenoxy) is 1. The lowest BCUT2D eigenvalue weighted by Gasteiger charge is -2.05. The third-order valence-corrected chi connectivity index (χ3v) is 4.04. The Kier molecular flexibility index (Phi) is 4.20. The van der Waals surface area contributed by atoms with E-state index in [-0.39, 0.29) is 11.6 Å². The number of thiophene rings is 1. The minimum atomic E-state index is -0.458. The van der Waals surface area contributed by atoms with Crippen molar-refractivity contribution in [2.75, 3.05) is 12.4 Å². The number of aromatic amines is 1. The molecule has 1 aromatic carbocycles. The smallest absolute Gasteiger partial charge is 0.337 e. The molecule has 3 rings (SSSR count). The Hall–Kier alpha value is -2.93. The van der Waals surface area contributed by atoms with Crippen LogP contribution in [0.2, 0.25) is 0 Å². The number of hydrogen-bond donors (Lipinski definition) is 2. The lowest BCUT2D eigenvalue weighted by Crippen LogP contribution is -2.13. The quantitative estimate of drug-likeness (QED) is 0.721. The minimum Gasteiger partial charge on any atom is -0.465 e. The molecule has 0 fully saturated rings. The number of carbonyl (C=O) groups excluding carboxylic acids is 2. The molecule has 6 nitrogen and oxygen atoms in total. The van der Waals surface area contributed by atoms with Crippen molar-refractivity contribution in [1.29, 1.82) is 0 Å². The van der Waals surface area contributed by atoms with Crippen LogP contribution < -0.4 is 5.32 Å². The molecule has 0 aliphatic heterocycles. The normalized spacial score (nSPS) is 10.3. The zero-order valence-electron chi connectivity index (χ0n) is 12.2. The summed E-state index contributed by atoms with van der Waals surface area (Å²) in [6.07, 6.45) is 0. The molecule has 2 aromatic heterocycles. The summed E-state index contributed by atoms with van der Waals surface area (Å²) in [7, 11) is 1.31. The van der Waals surface area contributed by atoms with Gasteiger partial charge in [-0.3, -0.25) is 9.89 Å². The number of H-pyrrole nitrogens is 1. The zero-order chi connectivity index (χ0) is 16.2. The molecule has 0 radical (unpaired) electrons. The average Bonchev–Trinajstić information content (AvgIpc) is 3.25. The van der Waals surface area contributed by atoms with Crippen molar-refractivity contribution >= 4 is 28.9 Å². The maximum Gasteiger partial charge on any atom is 0.337 e. The van der Waals surface area contributed by atoms with Crippen molar-refractivity contribution < 1.29 is 14.3 Å². The van der Waals surface area contributed by atoms with Crippen LogP contribution in [0.25, 0.3) is 10.6 Å². The molecule has 0 saturated carbocycles. The first kappa shape index (κ1) is 15.0. The van der Waals surface area contributed by atoms with Gasteiger partial charge in [-0.25, -0.2) is 4.79 Å². The van der Waals surface area contributed by atoms with E-state index in [1.165, 1.54) is 7.11 Å². The van der Waals surface area contributed by atoms with Crippen molar-refractivity contribution in [2.45, 2.75) is 0 Å². The third kappa shape index (κ3) is 3.29. The summed E-state index contributed by atoms with van der Waals surface area (Å²) in [4.78, 5) is 24.8. The predicted molar refractivity (Wildman–Crippen MR) is 87.6 cm³/mol. The Balaban J connectivity index is 1.76. The van der Waals surface area contributed by atoms with Gasteiger partial charge in [-0.1, -0.05) is 12.1 Å². The van der Waals surface area contributed by atoms with Gasteiger partial charge in [0.05, 0.1) is 23.2 Å². The monoisotopic (exact) mass is 327 g/mol. The first-order valence-electron chi connectivity index (χ1n) is 6.76. The highest BCUT2D eigenvalue weighted by Crippen LogP contribution is 2.23. The van der Waals surface area contributed by atoms with Gasteiger partial charge in [0.15, 0.2) is 5.69 Å². The summed E-state index contributed by atoms with van der Waals surface area (Å²) in [6.45, 7) is 0. The first-order chi connectivity index (χ1) is 11.2. The number of methoxy groups -OCH3 is 1. The number of carbonyl (C=O) groups is 2. The highest BCUT2D eigenvalue weighted by atomic mass is 32.1. The molecule has 1 amide bonds. The van der Waals surface area contributed by atoms with E-state index in [0.29, 0.717) is 11.3 Å². The number of aromatic nitrogens is 2. The van der Waals surface area contributed by atoms with Crippen molar-refractivity contribution in [2.24, 2.45) is 0 Å². The summed E-state index contributed by atoms with van der Waals surface area (Å²) in [6, 6.07) is 12.1.